The number of aryl methyl sites for hydroxylation is 1. The zero-order valence-electron chi connectivity index (χ0n) is 15.0. The van der Waals surface area contributed by atoms with E-state index in [2.05, 4.69) is 15.7 Å². The minimum Gasteiger partial charge on any atom is -0.458 e. The summed E-state index contributed by atoms with van der Waals surface area (Å²) in [5, 5.41) is 11.3. The number of rotatable bonds is 4. The highest BCUT2D eigenvalue weighted by Gasteiger charge is 2.28. The fourth-order valence-corrected chi connectivity index (χ4v) is 3.73. The SMILES string of the molecule is Cn1nccc1-c1coc(C(=O)N[C@@H]2CNCC[C@H]2c2ccc(Cl)cc2)c1. The van der Waals surface area contributed by atoms with Crippen LogP contribution in [0.3, 0.4) is 0 Å². The molecule has 0 radical (unpaired) electrons. The predicted octanol–water partition coefficient (Wildman–Crippen LogP) is 3.21. The lowest BCUT2D eigenvalue weighted by Gasteiger charge is -2.33. The van der Waals surface area contributed by atoms with E-state index in [1.807, 2.05) is 37.4 Å². The van der Waals surface area contributed by atoms with Gasteiger partial charge in [-0.05, 0) is 42.8 Å². The molecule has 0 spiro atoms. The van der Waals surface area contributed by atoms with Crippen molar-refractivity contribution in [3.05, 3.63) is 65.2 Å². The molecule has 140 valence electrons. The summed E-state index contributed by atoms with van der Waals surface area (Å²) in [6.45, 7) is 1.64. The van der Waals surface area contributed by atoms with Gasteiger partial charge in [-0.2, -0.15) is 5.10 Å². The van der Waals surface area contributed by atoms with Crippen molar-refractivity contribution in [3.8, 4) is 11.3 Å². The number of carbonyl (C=O) groups excluding carboxylic acids is 1. The molecule has 4 rings (SSSR count). The molecule has 2 aromatic heterocycles. The lowest BCUT2D eigenvalue weighted by molar-refractivity contribution is 0.0896. The van der Waals surface area contributed by atoms with Crippen LogP contribution >= 0.6 is 11.6 Å². The van der Waals surface area contributed by atoms with Gasteiger partial charge in [-0.1, -0.05) is 23.7 Å². The fourth-order valence-electron chi connectivity index (χ4n) is 3.61. The summed E-state index contributed by atoms with van der Waals surface area (Å²) in [5.74, 6) is 0.321. The molecular weight excluding hydrogens is 364 g/mol. The number of piperidine rings is 1. The van der Waals surface area contributed by atoms with Crippen LogP contribution < -0.4 is 10.6 Å². The second-order valence-electron chi connectivity index (χ2n) is 6.77. The van der Waals surface area contributed by atoms with Gasteiger partial charge in [-0.3, -0.25) is 9.48 Å². The first kappa shape index (κ1) is 17.8. The zero-order valence-corrected chi connectivity index (χ0v) is 15.7. The Morgan fingerprint density at radius 1 is 1.33 bits per heavy atom. The summed E-state index contributed by atoms with van der Waals surface area (Å²) in [4.78, 5) is 12.7. The molecule has 0 aliphatic carbocycles. The highest BCUT2D eigenvalue weighted by molar-refractivity contribution is 6.30. The van der Waals surface area contributed by atoms with Crippen molar-refractivity contribution in [1.29, 1.82) is 0 Å². The average Bonchev–Trinajstić information content (AvgIpc) is 3.32. The molecule has 2 atom stereocenters. The molecule has 0 unspecified atom stereocenters. The summed E-state index contributed by atoms with van der Waals surface area (Å²) < 4.78 is 7.26. The highest BCUT2D eigenvalue weighted by atomic mass is 35.5. The van der Waals surface area contributed by atoms with Crippen LogP contribution in [0.25, 0.3) is 11.3 Å². The number of hydrogen-bond donors (Lipinski definition) is 2. The van der Waals surface area contributed by atoms with Crippen molar-refractivity contribution in [2.75, 3.05) is 13.1 Å². The Kier molecular flexibility index (Phi) is 5.01. The summed E-state index contributed by atoms with van der Waals surface area (Å²) in [7, 11) is 1.85. The van der Waals surface area contributed by atoms with E-state index < -0.39 is 0 Å². The number of nitrogens with zero attached hydrogens (tertiary/aromatic N) is 2. The number of amides is 1. The summed E-state index contributed by atoms with van der Waals surface area (Å²) >= 11 is 6.01. The van der Waals surface area contributed by atoms with Gasteiger partial charge in [0.2, 0.25) is 0 Å². The number of halogens is 1. The highest BCUT2D eigenvalue weighted by Crippen LogP contribution is 2.27. The van der Waals surface area contributed by atoms with Crippen molar-refractivity contribution in [3.63, 3.8) is 0 Å². The smallest absolute Gasteiger partial charge is 0.287 e. The molecule has 0 saturated carbocycles. The number of nitrogens with one attached hydrogen (secondary N) is 2. The molecule has 27 heavy (non-hydrogen) atoms. The monoisotopic (exact) mass is 384 g/mol. The Morgan fingerprint density at radius 3 is 2.89 bits per heavy atom. The minimum atomic E-state index is -0.212. The van der Waals surface area contributed by atoms with Crippen molar-refractivity contribution in [2.45, 2.75) is 18.4 Å². The molecule has 1 saturated heterocycles. The van der Waals surface area contributed by atoms with Crippen LogP contribution in [0.1, 0.15) is 28.5 Å². The van der Waals surface area contributed by atoms with Gasteiger partial charge < -0.3 is 15.1 Å². The zero-order chi connectivity index (χ0) is 18.8. The minimum absolute atomic E-state index is 0.0160. The Bertz CT molecular complexity index is 932. The normalized spacial score (nSPS) is 19.8. The first-order chi connectivity index (χ1) is 13.1. The number of benzene rings is 1. The molecule has 6 nitrogen and oxygen atoms in total. The third-order valence-corrected chi connectivity index (χ3v) is 5.29. The Balaban J connectivity index is 1.50. The lowest BCUT2D eigenvalue weighted by atomic mass is 9.86. The van der Waals surface area contributed by atoms with Crippen molar-refractivity contribution in [1.82, 2.24) is 20.4 Å². The third kappa shape index (κ3) is 3.77. The van der Waals surface area contributed by atoms with Crippen LogP contribution in [0.5, 0.6) is 0 Å². The van der Waals surface area contributed by atoms with E-state index in [0.29, 0.717) is 17.3 Å². The standard InChI is InChI=1S/C20H21ClN4O2/c1-25-18(7-9-23-25)14-10-19(27-12-14)20(26)24-17-11-22-8-6-16(17)13-2-4-15(21)5-3-13/h2-5,7,9-10,12,16-17,22H,6,8,11H2,1H3,(H,24,26)/t16-,17+/m0/s1. The molecule has 2 N–H and O–H groups in total. The molecule has 1 aliphatic heterocycles. The van der Waals surface area contributed by atoms with E-state index in [-0.39, 0.29) is 17.9 Å². The van der Waals surface area contributed by atoms with Crippen molar-refractivity contribution in [2.24, 2.45) is 7.05 Å². The van der Waals surface area contributed by atoms with Gasteiger partial charge in [-0.15, -0.1) is 0 Å². The van der Waals surface area contributed by atoms with E-state index >= 15 is 0 Å². The van der Waals surface area contributed by atoms with Gasteiger partial charge in [-0.25, -0.2) is 0 Å². The van der Waals surface area contributed by atoms with E-state index in [0.717, 1.165) is 24.2 Å². The van der Waals surface area contributed by atoms with Gasteiger partial charge >= 0.3 is 0 Å². The van der Waals surface area contributed by atoms with E-state index in [9.17, 15) is 4.79 Å². The fraction of sp³-hybridized carbons (Fsp3) is 0.300. The summed E-state index contributed by atoms with van der Waals surface area (Å²) in [6.07, 6.45) is 4.25. The molecule has 1 aromatic carbocycles. The Labute approximate surface area is 162 Å². The molecule has 3 aromatic rings. The topological polar surface area (TPSA) is 72.1 Å². The van der Waals surface area contributed by atoms with Crippen molar-refractivity contribution < 1.29 is 9.21 Å². The third-order valence-electron chi connectivity index (χ3n) is 5.04. The van der Waals surface area contributed by atoms with E-state index in [1.165, 1.54) is 5.56 Å². The quantitative estimate of drug-likeness (QED) is 0.724. The molecule has 1 aliphatic rings. The largest absolute Gasteiger partial charge is 0.458 e. The molecule has 1 amide bonds. The van der Waals surface area contributed by atoms with Gasteiger partial charge in [0.25, 0.3) is 5.91 Å². The number of aromatic nitrogens is 2. The number of furan rings is 1. The number of hydrogen-bond acceptors (Lipinski definition) is 4. The molecule has 0 bridgehead atoms. The van der Waals surface area contributed by atoms with Crippen LogP contribution in [0, 0.1) is 0 Å². The van der Waals surface area contributed by atoms with Crippen LogP contribution in [0.2, 0.25) is 5.02 Å². The van der Waals surface area contributed by atoms with E-state index in [4.69, 9.17) is 16.0 Å². The second-order valence-corrected chi connectivity index (χ2v) is 7.21. The first-order valence-electron chi connectivity index (χ1n) is 8.96. The Hall–Kier alpha value is -2.57. The molecular formula is C20H21ClN4O2. The predicted molar refractivity (Wildman–Crippen MR) is 104 cm³/mol. The van der Waals surface area contributed by atoms with E-state index in [1.54, 1.807) is 23.2 Å². The van der Waals surface area contributed by atoms with Gasteiger partial charge in [0.05, 0.1) is 5.69 Å². The summed E-state index contributed by atoms with van der Waals surface area (Å²) in [5.41, 5.74) is 2.91. The maximum absolute atomic E-state index is 12.7. The lowest BCUT2D eigenvalue weighted by Crippen LogP contribution is -2.49. The van der Waals surface area contributed by atoms with Crippen LogP contribution in [-0.4, -0.2) is 34.8 Å². The van der Waals surface area contributed by atoms with Crippen LogP contribution in [0.4, 0.5) is 0 Å². The number of carbonyl (C=O) groups is 1. The van der Waals surface area contributed by atoms with Gasteiger partial charge in [0, 0.05) is 42.3 Å². The molecule has 1 fully saturated rings. The Morgan fingerprint density at radius 2 is 2.15 bits per heavy atom. The van der Waals surface area contributed by atoms with Gasteiger partial charge in [0.15, 0.2) is 5.76 Å². The average molecular weight is 385 g/mol. The first-order valence-corrected chi connectivity index (χ1v) is 9.33. The second kappa shape index (κ2) is 7.58. The summed E-state index contributed by atoms with van der Waals surface area (Å²) in [6, 6.07) is 11.5. The van der Waals surface area contributed by atoms with Crippen molar-refractivity contribution >= 4 is 17.5 Å². The van der Waals surface area contributed by atoms with Gasteiger partial charge in [0.1, 0.15) is 6.26 Å². The van der Waals surface area contributed by atoms with Crippen LogP contribution in [0.15, 0.2) is 53.3 Å². The maximum Gasteiger partial charge on any atom is 0.287 e. The molecule has 7 heteroatoms. The molecule has 3 heterocycles. The van der Waals surface area contributed by atoms with Crippen LogP contribution in [-0.2, 0) is 7.05 Å². The maximum atomic E-state index is 12.7.